The highest BCUT2D eigenvalue weighted by atomic mass is 16.6. The van der Waals surface area contributed by atoms with E-state index in [1.54, 1.807) is 26.8 Å². The molecular weight excluding hydrogens is 246 g/mol. The van der Waals surface area contributed by atoms with E-state index in [0.717, 1.165) is 12.8 Å². The van der Waals surface area contributed by atoms with E-state index < -0.39 is 23.7 Å². The minimum atomic E-state index is -0.973. The van der Waals surface area contributed by atoms with Crippen LogP contribution in [0.15, 0.2) is 12.7 Å². The molecule has 1 aliphatic rings. The molecule has 1 fully saturated rings. The SMILES string of the molecule is C=CC[C@H]1CCC[C@@H](C(=O)O)N1C(=O)OC(C)(C)C. The molecule has 0 aromatic heterocycles. The molecule has 0 radical (unpaired) electrons. The van der Waals surface area contributed by atoms with Crippen LogP contribution in [0.5, 0.6) is 0 Å². The quantitative estimate of drug-likeness (QED) is 0.800. The lowest BCUT2D eigenvalue weighted by molar-refractivity contribution is -0.145. The number of hydrogen-bond acceptors (Lipinski definition) is 3. The molecule has 0 spiro atoms. The van der Waals surface area contributed by atoms with E-state index in [0.29, 0.717) is 12.8 Å². The lowest BCUT2D eigenvalue weighted by atomic mass is 9.94. The summed E-state index contributed by atoms with van der Waals surface area (Å²) in [5.74, 6) is -0.973. The smallest absolute Gasteiger partial charge is 0.411 e. The van der Waals surface area contributed by atoms with Crippen molar-refractivity contribution in [3.05, 3.63) is 12.7 Å². The molecule has 0 unspecified atom stereocenters. The number of aliphatic carboxylic acids is 1. The molecule has 1 N–H and O–H groups in total. The Labute approximate surface area is 114 Å². The summed E-state index contributed by atoms with van der Waals surface area (Å²) in [6, 6.07) is -0.934. The number of carbonyl (C=O) groups is 2. The summed E-state index contributed by atoms with van der Waals surface area (Å²) in [6.45, 7) is 8.98. The van der Waals surface area contributed by atoms with Crippen molar-refractivity contribution in [3.8, 4) is 0 Å². The number of piperidine rings is 1. The lowest BCUT2D eigenvalue weighted by Crippen LogP contribution is -2.54. The van der Waals surface area contributed by atoms with Crippen LogP contribution in [0.25, 0.3) is 0 Å². The van der Waals surface area contributed by atoms with Gasteiger partial charge in [-0.3, -0.25) is 4.90 Å². The van der Waals surface area contributed by atoms with Gasteiger partial charge in [0.1, 0.15) is 11.6 Å². The van der Waals surface area contributed by atoms with E-state index in [9.17, 15) is 14.7 Å². The Hall–Kier alpha value is -1.52. The molecule has 0 aromatic carbocycles. The van der Waals surface area contributed by atoms with Crippen molar-refractivity contribution >= 4 is 12.1 Å². The molecule has 1 rings (SSSR count). The number of amides is 1. The van der Waals surface area contributed by atoms with Crippen molar-refractivity contribution in [2.75, 3.05) is 0 Å². The average Bonchev–Trinajstić information content (AvgIpc) is 2.26. The first kappa shape index (κ1) is 15.5. The number of rotatable bonds is 3. The molecule has 19 heavy (non-hydrogen) atoms. The van der Waals surface area contributed by atoms with Gasteiger partial charge in [0.15, 0.2) is 0 Å². The maximum Gasteiger partial charge on any atom is 0.411 e. The van der Waals surface area contributed by atoms with E-state index in [1.807, 2.05) is 0 Å². The zero-order chi connectivity index (χ0) is 14.6. The van der Waals surface area contributed by atoms with Crippen LogP contribution >= 0.6 is 0 Å². The Morgan fingerprint density at radius 3 is 2.53 bits per heavy atom. The molecule has 1 aliphatic heterocycles. The fourth-order valence-electron chi connectivity index (χ4n) is 2.34. The normalized spacial score (nSPS) is 23.8. The first-order valence-electron chi connectivity index (χ1n) is 6.61. The summed E-state index contributed by atoms with van der Waals surface area (Å²) in [7, 11) is 0. The molecule has 0 saturated carbocycles. The van der Waals surface area contributed by atoms with Gasteiger partial charge in [0.05, 0.1) is 0 Å². The van der Waals surface area contributed by atoms with Crippen LogP contribution in [-0.2, 0) is 9.53 Å². The monoisotopic (exact) mass is 269 g/mol. The molecule has 2 atom stereocenters. The van der Waals surface area contributed by atoms with Gasteiger partial charge in [-0.25, -0.2) is 9.59 Å². The predicted octanol–water partition coefficient (Wildman–Crippen LogP) is 2.81. The van der Waals surface area contributed by atoms with Crippen molar-refractivity contribution in [2.45, 2.75) is 64.1 Å². The second-order valence-electron chi connectivity index (χ2n) is 5.85. The minimum Gasteiger partial charge on any atom is -0.480 e. The molecule has 1 heterocycles. The van der Waals surface area contributed by atoms with Crippen molar-refractivity contribution in [2.24, 2.45) is 0 Å². The number of carbonyl (C=O) groups excluding carboxylic acids is 1. The van der Waals surface area contributed by atoms with Crippen LogP contribution in [0.2, 0.25) is 0 Å². The largest absolute Gasteiger partial charge is 0.480 e. The first-order valence-corrected chi connectivity index (χ1v) is 6.61. The van der Waals surface area contributed by atoms with E-state index in [-0.39, 0.29) is 6.04 Å². The molecule has 0 aromatic rings. The van der Waals surface area contributed by atoms with Crippen LogP contribution in [-0.4, -0.2) is 39.8 Å². The highest BCUT2D eigenvalue weighted by Crippen LogP contribution is 2.27. The summed E-state index contributed by atoms with van der Waals surface area (Å²) >= 11 is 0. The maximum atomic E-state index is 12.2. The maximum absolute atomic E-state index is 12.2. The van der Waals surface area contributed by atoms with Crippen LogP contribution in [0.3, 0.4) is 0 Å². The number of likely N-dealkylation sites (tertiary alicyclic amines) is 1. The Kier molecular flexibility index (Phi) is 4.97. The van der Waals surface area contributed by atoms with Crippen LogP contribution < -0.4 is 0 Å². The highest BCUT2D eigenvalue weighted by Gasteiger charge is 2.39. The van der Waals surface area contributed by atoms with Crippen LogP contribution in [0, 0.1) is 0 Å². The van der Waals surface area contributed by atoms with Gasteiger partial charge in [-0.2, -0.15) is 0 Å². The van der Waals surface area contributed by atoms with Crippen molar-refractivity contribution in [3.63, 3.8) is 0 Å². The van der Waals surface area contributed by atoms with E-state index in [1.165, 1.54) is 4.90 Å². The summed E-state index contributed by atoms with van der Waals surface area (Å²) in [6.07, 6.45) is 3.81. The highest BCUT2D eigenvalue weighted by molar-refractivity contribution is 5.80. The summed E-state index contributed by atoms with van der Waals surface area (Å²) < 4.78 is 5.32. The van der Waals surface area contributed by atoms with Gasteiger partial charge in [0, 0.05) is 6.04 Å². The molecule has 0 aliphatic carbocycles. The fraction of sp³-hybridized carbons (Fsp3) is 0.714. The zero-order valence-corrected chi connectivity index (χ0v) is 11.9. The summed E-state index contributed by atoms with van der Waals surface area (Å²) in [5, 5.41) is 9.27. The Balaban J connectivity index is 2.92. The zero-order valence-electron chi connectivity index (χ0n) is 11.9. The van der Waals surface area contributed by atoms with Crippen molar-refractivity contribution in [1.29, 1.82) is 0 Å². The number of nitrogens with zero attached hydrogens (tertiary/aromatic N) is 1. The summed E-state index contributed by atoms with van der Waals surface area (Å²) in [4.78, 5) is 24.9. The minimum absolute atomic E-state index is 0.137. The van der Waals surface area contributed by atoms with Crippen molar-refractivity contribution < 1.29 is 19.4 Å². The number of carboxylic acids is 1. The molecular formula is C14H23NO4. The van der Waals surface area contributed by atoms with Crippen molar-refractivity contribution in [1.82, 2.24) is 4.90 Å². The summed E-state index contributed by atoms with van der Waals surface area (Å²) in [5.41, 5.74) is -0.629. The third-order valence-corrected chi connectivity index (χ3v) is 3.07. The Morgan fingerprint density at radius 1 is 1.42 bits per heavy atom. The molecule has 1 amide bonds. The van der Waals surface area contributed by atoms with Gasteiger partial charge in [0.25, 0.3) is 0 Å². The van der Waals surface area contributed by atoms with Gasteiger partial charge in [-0.15, -0.1) is 6.58 Å². The Bertz CT molecular complexity index is 359. The lowest BCUT2D eigenvalue weighted by Gasteiger charge is -2.40. The van der Waals surface area contributed by atoms with E-state index >= 15 is 0 Å². The van der Waals surface area contributed by atoms with Gasteiger partial charge < -0.3 is 9.84 Å². The molecule has 5 heteroatoms. The second-order valence-corrected chi connectivity index (χ2v) is 5.85. The van der Waals surface area contributed by atoms with Gasteiger partial charge in [0.2, 0.25) is 0 Å². The van der Waals surface area contributed by atoms with E-state index in [4.69, 9.17) is 4.74 Å². The van der Waals surface area contributed by atoms with Crippen LogP contribution in [0.4, 0.5) is 4.79 Å². The number of hydrogen-bond donors (Lipinski definition) is 1. The Morgan fingerprint density at radius 2 is 2.05 bits per heavy atom. The number of carboxylic acid groups (broad SMARTS) is 1. The third kappa shape index (κ3) is 4.26. The van der Waals surface area contributed by atoms with Gasteiger partial charge >= 0.3 is 12.1 Å². The topological polar surface area (TPSA) is 66.8 Å². The standard InChI is InChI=1S/C14H23NO4/c1-5-7-10-8-6-9-11(12(16)17)15(10)13(18)19-14(2,3)4/h5,10-11H,1,6-9H2,2-4H3,(H,16,17)/t10-,11-/m0/s1. The molecule has 0 bridgehead atoms. The van der Waals surface area contributed by atoms with E-state index in [2.05, 4.69) is 6.58 Å². The fourth-order valence-corrected chi connectivity index (χ4v) is 2.34. The second kappa shape index (κ2) is 6.08. The van der Waals surface area contributed by atoms with Crippen LogP contribution in [0.1, 0.15) is 46.5 Å². The number of ether oxygens (including phenoxy) is 1. The molecule has 5 nitrogen and oxygen atoms in total. The first-order chi connectivity index (χ1) is 8.76. The van der Waals surface area contributed by atoms with Gasteiger partial charge in [-0.05, 0) is 46.5 Å². The molecule has 108 valence electrons. The average molecular weight is 269 g/mol. The predicted molar refractivity (Wildman–Crippen MR) is 71.9 cm³/mol. The third-order valence-electron chi connectivity index (χ3n) is 3.07. The van der Waals surface area contributed by atoms with Gasteiger partial charge in [-0.1, -0.05) is 6.08 Å². The molecule has 1 saturated heterocycles.